The maximum absolute atomic E-state index is 5.74. The van der Waals surface area contributed by atoms with Crippen LogP contribution in [0.4, 0.5) is 0 Å². The van der Waals surface area contributed by atoms with Crippen molar-refractivity contribution in [2.24, 2.45) is 5.92 Å². The summed E-state index contributed by atoms with van der Waals surface area (Å²) in [4.78, 5) is 0. The van der Waals surface area contributed by atoms with Crippen molar-refractivity contribution < 1.29 is 4.74 Å². The van der Waals surface area contributed by atoms with E-state index < -0.39 is 0 Å². The van der Waals surface area contributed by atoms with Gasteiger partial charge in [0.15, 0.2) is 0 Å². The molecule has 0 saturated carbocycles. The zero-order valence-corrected chi connectivity index (χ0v) is 12.8. The van der Waals surface area contributed by atoms with Crippen LogP contribution in [0.2, 0.25) is 0 Å². The number of ether oxygens (including phenoxy) is 1. The maximum Gasteiger partial charge on any atom is 0.0488 e. The summed E-state index contributed by atoms with van der Waals surface area (Å²) >= 11 is 3.67. The highest BCUT2D eigenvalue weighted by Gasteiger charge is 2.39. The van der Waals surface area contributed by atoms with Gasteiger partial charge in [-0.15, -0.1) is 0 Å². The first-order valence-electron chi connectivity index (χ1n) is 6.67. The van der Waals surface area contributed by atoms with Crippen LogP contribution in [0.15, 0.2) is 28.7 Å². The molecule has 3 heteroatoms. The summed E-state index contributed by atoms with van der Waals surface area (Å²) in [6, 6.07) is 8.55. The Morgan fingerprint density at radius 2 is 2.06 bits per heavy atom. The normalized spacial score (nSPS) is 17.8. The van der Waals surface area contributed by atoms with Gasteiger partial charge in [-0.1, -0.05) is 48.0 Å². The molecule has 2 nitrogen and oxygen atoms in total. The monoisotopic (exact) mass is 311 g/mol. The minimum atomic E-state index is 0.261. The van der Waals surface area contributed by atoms with Crippen molar-refractivity contribution in [3.63, 3.8) is 0 Å². The van der Waals surface area contributed by atoms with E-state index in [4.69, 9.17) is 4.74 Å². The first-order valence-corrected chi connectivity index (χ1v) is 7.47. The summed E-state index contributed by atoms with van der Waals surface area (Å²) in [6.07, 6.45) is 1.09. The van der Waals surface area contributed by atoms with Crippen LogP contribution in [0.3, 0.4) is 0 Å². The van der Waals surface area contributed by atoms with Gasteiger partial charge in [-0.2, -0.15) is 0 Å². The molecule has 1 fully saturated rings. The topological polar surface area (TPSA) is 21.3 Å². The Morgan fingerprint density at radius 3 is 2.61 bits per heavy atom. The van der Waals surface area contributed by atoms with Crippen LogP contribution in [-0.2, 0) is 10.2 Å². The molecule has 1 N–H and O–H groups in total. The molecular formula is C15H22BrNO. The van der Waals surface area contributed by atoms with Gasteiger partial charge in [0, 0.05) is 36.2 Å². The van der Waals surface area contributed by atoms with Gasteiger partial charge in [-0.05, 0) is 24.0 Å². The molecule has 1 aliphatic heterocycles. The Labute approximate surface area is 118 Å². The van der Waals surface area contributed by atoms with E-state index in [1.807, 2.05) is 0 Å². The van der Waals surface area contributed by atoms with Gasteiger partial charge < -0.3 is 10.1 Å². The van der Waals surface area contributed by atoms with Crippen LogP contribution in [-0.4, -0.2) is 26.3 Å². The van der Waals surface area contributed by atoms with E-state index in [1.54, 1.807) is 0 Å². The van der Waals surface area contributed by atoms with Crippen molar-refractivity contribution in [2.75, 3.05) is 26.3 Å². The molecule has 1 aliphatic rings. The van der Waals surface area contributed by atoms with Gasteiger partial charge in [0.2, 0.25) is 0 Å². The molecule has 0 unspecified atom stereocenters. The first-order chi connectivity index (χ1) is 8.64. The molecule has 0 bridgehead atoms. The van der Waals surface area contributed by atoms with Gasteiger partial charge in [0.25, 0.3) is 0 Å². The lowest BCUT2D eigenvalue weighted by Crippen LogP contribution is -2.57. The standard InChI is InChI=1S/C15H22BrNO/c1-12(2)9-18-8-7-15(10-17-11-15)13-5-3-4-6-14(13)16/h3-6,12,17H,7-11H2,1-2H3. The maximum atomic E-state index is 5.74. The minimum absolute atomic E-state index is 0.261. The van der Waals surface area contributed by atoms with Crippen LogP contribution >= 0.6 is 15.9 Å². The second-order valence-corrected chi connectivity index (χ2v) is 6.44. The van der Waals surface area contributed by atoms with Crippen LogP contribution < -0.4 is 5.32 Å². The minimum Gasteiger partial charge on any atom is -0.381 e. The molecule has 1 aromatic carbocycles. The Hall–Kier alpha value is -0.380. The molecule has 2 rings (SSSR count). The Bertz CT molecular complexity index is 388. The van der Waals surface area contributed by atoms with Crippen molar-refractivity contribution in [1.29, 1.82) is 0 Å². The molecule has 0 atom stereocenters. The van der Waals surface area contributed by atoms with Crippen LogP contribution in [0, 0.1) is 5.92 Å². The Balaban J connectivity index is 1.96. The molecule has 1 heterocycles. The predicted octanol–water partition coefficient (Wildman–Crippen LogP) is 3.35. The molecule has 1 aromatic rings. The number of rotatable bonds is 6. The van der Waals surface area contributed by atoms with E-state index in [2.05, 4.69) is 59.4 Å². The van der Waals surface area contributed by atoms with Gasteiger partial charge >= 0.3 is 0 Å². The second-order valence-electron chi connectivity index (χ2n) is 5.58. The average Bonchev–Trinajstić information content (AvgIpc) is 2.28. The van der Waals surface area contributed by atoms with Gasteiger partial charge in [0.1, 0.15) is 0 Å². The fraction of sp³-hybridized carbons (Fsp3) is 0.600. The van der Waals surface area contributed by atoms with Crippen molar-refractivity contribution in [2.45, 2.75) is 25.7 Å². The van der Waals surface area contributed by atoms with Crippen LogP contribution in [0.5, 0.6) is 0 Å². The molecule has 18 heavy (non-hydrogen) atoms. The highest BCUT2D eigenvalue weighted by Crippen LogP contribution is 2.36. The quantitative estimate of drug-likeness (QED) is 0.813. The molecule has 0 aliphatic carbocycles. The molecule has 0 aromatic heterocycles. The van der Waals surface area contributed by atoms with E-state index in [0.717, 1.165) is 32.7 Å². The molecule has 0 amide bonds. The highest BCUT2D eigenvalue weighted by molar-refractivity contribution is 9.10. The van der Waals surface area contributed by atoms with Crippen molar-refractivity contribution >= 4 is 15.9 Å². The molecule has 0 radical (unpaired) electrons. The van der Waals surface area contributed by atoms with E-state index in [9.17, 15) is 0 Å². The lowest BCUT2D eigenvalue weighted by molar-refractivity contribution is 0.0815. The fourth-order valence-electron chi connectivity index (χ4n) is 2.41. The number of hydrogen-bond donors (Lipinski definition) is 1. The van der Waals surface area contributed by atoms with E-state index >= 15 is 0 Å². The summed E-state index contributed by atoms with van der Waals surface area (Å²) in [7, 11) is 0. The number of halogens is 1. The van der Waals surface area contributed by atoms with Gasteiger partial charge in [0.05, 0.1) is 0 Å². The zero-order valence-electron chi connectivity index (χ0n) is 11.2. The Morgan fingerprint density at radius 1 is 1.33 bits per heavy atom. The molecule has 0 spiro atoms. The van der Waals surface area contributed by atoms with E-state index in [0.29, 0.717) is 5.92 Å². The average molecular weight is 312 g/mol. The van der Waals surface area contributed by atoms with Crippen LogP contribution in [0.1, 0.15) is 25.8 Å². The fourth-order valence-corrected chi connectivity index (χ4v) is 3.11. The third kappa shape index (κ3) is 3.14. The number of benzene rings is 1. The molecular weight excluding hydrogens is 290 g/mol. The molecule has 1 saturated heterocycles. The first kappa shape index (κ1) is 14.0. The zero-order chi connectivity index (χ0) is 13.0. The number of hydrogen-bond acceptors (Lipinski definition) is 2. The highest BCUT2D eigenvalue weighted by atomic mass is 79.9. The summed E-state index contributed by atoms with van der Waals surface area (Å²) < 4.78 is 6.96. The lowest BCUT2D eigenvalue weighted by Gasteiger charge is -2.44. The Kier molecular flexibility index (Phi) is 4.82. The van der Waals surface area contributed by atoms with Gasteiger partial charge in [-0.25, -0.2) is 0 Å². The summed E-state index contributed by atoms with van der Waals surface area (Å²) in [6.45, 7) is 8.20. The lowest BCUT2D eigenvalue weighted by atomic mass is 9.73. The predicted molar refractivity (Wildman–Crippen MR) is 79.0 cm³/mol. The largest absolute Gasteiger partial charge is 0.381 e. The third-order valence-electron chi connectivity index (χ3n) is 3.55. The third-order valence-corrected chi connectivity index (χ3v) is 4.24. The molecule has 100 valence electrons. The van der Waals surface area contributed by atoms with Gasteiger partial charge in [-0.3, -0.25) is 0 Å². The summed E-state index contributed by atoms with van der Waals surface area (Å²) in [5, 5.41) is 3.40. The van der Waals surface area contributed by atoms with E-state index in [-0.39, 0.29) is 5.41 Å². The van der Waals surface area contributed by atoms with Crippen molar-refractivity contribution in [1.82, 2.24) is 5.32 Å². The summed E-state index contributed by atoms with van der Waals surface area (Å²) in [5.74, 6) is 0.615. The SMILES string of the molecule is CC(C)COCCC1(c2ccccc2Br)CNC1. The number of nitrogens with one attached hydrogen (secondary N) is 1. The summed E-state index contributed by atoms with van der Waals surface area (Å²) in [5.41, 5.74) is 1.67. The second kappa shape index (κ2) is 6.18. The van der Waals surface area contributed by atoms with Crippen molar-refractivity contribution in [3.8, 4) is 0 Å². The van der Waals surface area contributed by atoms with E-state index in [1.165, 1.54) is 10.0 Å². The van der Waals surface area contributed by atoms with Crippen molar-refractivity contribution in [3.05, 3.63) is 34.3 Å². The smallest absolute Gasteiger partial charge is 0.0488 e. The van der Waals surface area contributed by atoms with Crippen LogP contribution in [0.25, 0.3) is 0 Å².